The number of aliphatic hydroxyl groups is 1. The minimum Gasteiger partial charge on any atom is -0.392 e. The van der Waals surface area contributed by atoms with Gasteiger partial charge in [-0.05, 0) is 37.5 Å². The van der Waals surface area contributed by atoms with E-state index in [2.05, 4.69) is 17.9 Å². The van der Waals surface area contributed by atoms with Crippen LogP contribution in [-0.4, -0.2) is 17.7 Å². The van der Waals surface area contributed by atoms with Gasteiger partial charge in [-0.15, -0.1) is 0 Å². The van der Waals surface area contributed by atoms with Gasteiger partial charge in [0.1, 0.15) is 6.07 Å². The van der Waals surface area contributed by atoms with E-state index >= 15 is 0 Å². The van der Waals surface area contributed by atoms with Crippen molar-refractivity contribution in [2.75, 3.05) is 11.4 Å². The van der Waals surface area contributed by atoms with Gasteiger partial charge in [0, 0.05) is 12.6 Å². The molecule has 16 heavy (non-hydrogen) atoms. The van der Waals surface area contributed by atoms with Crippen molar-refractivity contribution < 1.29 is 5.11 Å². The van der Waals surface area contributed by atoms with Crippen molar-refractivity contribution in [3.63, 3.8) is 0 Å². The smallest absolute Gasteiger partial charge is 0.101 e. The molecule has 0 radical (unpaired) electrons. The first-order valence-corrected chi connectivity index (χ1v) is 5.70. The zero-order valence-electron chi connectivity index (χ0n) is 9.48. The molecule has 1 saturated carbocycles. The number of hydrogen-bond acceptors (Lipinski definition) is 3. The molecule has 0 aliphatic heterocycles. The van der Waals surface area contributed by atoms with Gasteiger partial charge in [-0.3, -0.25) is 0 Å². The monoisotopic (exact) mass is 216 g/mol. The maximum absolute atomic E-state index is 9.13. The van der Waals surface area contributed by atoms with Crippen molar-refractivity contribution in [1.82, 2.24) is 0 Å². The Morgan fingerprint density at radius 1 is 1.50 bits per heavy atom. The Balaban J connectivity index is 2.35. The number of rotatable bonds is 4. The topological polar surface area (TPSA) is 47.3 Å². The molecular formula is C13H16N2O. The fraction of sp³-hybridized carbons (Fsp3) is 0.462. The van der Waals surface area contributed by atoms with Gasteiger partial charge in [0.25, 0.3) is 0 Å². The summed E-state index contributed by atoms with van der Waals surface area (Å²) in [6.45, 7) is 3.03. The lowest BCUT2D eigenvalue weighted by atomic mass is 10.1. The number of nitriles is 1. The van der Waals surface area contributed by atoms with Gasteiger partial charge in [0.15, 0.2) is 0 Å². The summed E-state index contributed by atoms with van der Waals surface area (Å²) in [6.07, 6.45) is 2.45. The molecule has 1 aliphatic carbocycles. The third kappa shape index (κ3) is 2.02. The first-order chi connectivity index (χ1) is 7.80. The lowest BCUT2D eigenvalue weighted by molar-refractivity contribution is 0.282. The van der Waals surface area contributed by atoms with E-state index in [9.17, 15) is 0 Å². The Hall–Kier alpha value is -1.53. The highest BCUT2D eigenvalue weighted by atomic mass is 16.3. The zero-order chi connectivity index (χ0) is 11.5. The van der Waals surface area contributed by atoms with Crippen molar-refractivity contribution in [3.8, 4) is 6.07 Å². The summed E-state index contributed by atoms with van der Waals surface area (Å²) >= 11 is 0. The van der Waals surface area contributed by atoms with E-state index in [1.54, 1.807) is 6.07 Å². The highest BCUT2D eigenvalue weighted by Crippen LogP contribution is 2.33. The van der Waals surface area contributed by atoms with Gasteiger partial charge < -0.3 is 10.0 Å². The van der Waals surface area contributed by atoms with Gasteiger partial charge in [-0.2, -0.15) is 5.26 Å². The Morgan fingerprint density at radius 3 is 2.75 bits per heavy atom. The Bertz CT molecular complexity index is 418. The van der Waals surface area contributed by atoms with Crippen LogP contribution >= 0.6 is 0 Å². The number of anilines is 1. The first-order valence-electron chi connectivity index (χ1n) is 5.70. The number of aliphatic hydroxyl groups excluding tert-OH is 1. The number of nitrogens with zero attached hydrogens (tertiary/aromatic N) is 2. The van der Waals surface area contributed by atoms with Crippen LogP contribution in [0.5, 0.6) is 0 Å². The van der Waals surface area contributed by atoms with E-state index in [0.717, 1.165) is 17.8 Å². The van der Waals surface area contributed by atoms with Crippen molar-refractivity contribution in [3.05, 3.63) is 29.3 Å². The fourth-order valence-corrected chi connectivity index (χ4v) is 2.03. The van der Waals surface area contributed by atoms with Gasteiger partial charge in [-0.25, -0.2) is 0 Å². The van der Waals surface area contributed by atoms with Gasteiger partial charge in [-0.1, -0.05) is 6.07 Å². The average Bonchev–Trinajstić information content (AvgIpc) is 3.15. The molecule has 0 spiro atoms. The van der Waals surface area contributed by atoms with Crippen LogP contribution in [-0.2, 0) is 6.61 Å². The molecular weight excluding hydrogens is 200 g/mol. The van der Waals surface area contributed by atoms with Gasteiger partial charge in [0.2, 0.25) is 0 Å². The van der Waals surface area contributed by atoms with Crippen LogP contribution in [0.2, 0.25) is 0 Å². The van der Waals surface area contributed by atoms with Crippen LogP contribution in [0, 0.1) is 11.3 Å². The summed E-state index contributed by atoms with van der Waals surface area (Å²) in [5.74, 6) is 0. The molecule has 0 atom stereocenters. The van der Waals surface area contributed by atoms with E-state index in [4.69, 9.17) is 10.4 Å². The van der Waals surface area contributed by atoms with Crippen LogP contribution in [0.4, 0.5) is 5.69 Å². The second-order valence-corrected chi connectivity index (χ2v) is 4.14. The molecule has 0 amide bonds. The fourth-order valence-electron chi connectivity index (χ4n) is 2.03. The molecule has 84 valence electrons. The second kappa shape index (κ2) is 4.54. The van der Waals surface area contributed by atoms with Crippen molar-refractivity contribution in [1.29, 1.82) is 5.26 Å². The lowest BCUT2D eigenvalue weighted by Crippen LogP contribution is -2.25. The minimum absolute atomic E-state index is 0.00941. The molecule has 1 fully saturated rings. The summed E-state index contributed by atoms with van der Waals surface area (Å²) in [5.41, 5.74) is 2.47. The van der Waals surface area contributed by atoms with Crippen molar-refractivity contribution >= 4 is 5.69 Å². The van der Waals surface area contributed by atoms with Crippen LogP contribution in [0.3, 0.4) is 0 Å². The van der Waals surface area contributed by atoms with Crippen LogP contribution < -0.4 is 4.90 Å². The summed E-state index contributed by atoms with van der Waals surface area (Å²) in [7, 11) is 0. The summed E-state index contributed by atoms with van der Waals surface area (Å²) in [5, 5.41) is 18.2. The van der Waals surface area contributed by atoms with Gasteiger partial charge in [0.05, 0.1) is 17.9 Å². The van der Waals surface area contributed by atoms with Crippen LogP contribution in [0.1, 0.15) is 30.9 Å². The highest BCUT2D eigenvalue weighted by Gasteiger charge is 2.29. The minimum atomic E-state index is -0.00941. The Labute approximate surface area is 95.9 Å². The van der Waals surface area contributed by atoms with E-state index < -0.39 is 0 Å². The molecule has 1 aromatic carbocycles. The standard InChI is InChI=1S/C13H16N2O/c1-2-15(12-4-5-12)13-6-3-10(9-16)7-11(13)8-14/h3,6-7,12,16H,2,4-5,9H2,1H3. The zero-order valence-corrected chi connectivity index (χ0v) is 9.48. The van der Waals surface area contributed by atoms with Crippen molar-refractivity contribution in [2.24, 2.45) is 0 Å². The Kier molecular flexibility index (Phi) is 3.12. The molecule has 0 aromatic heterocycles. The predicted molar refractivity (Wildman–Crippen MR) is 63.1 cm³/mol. The molecule has 0 bridgehead atoms. The highest BCUT2D eigenvalue weighted by molar-refractivity contribution is 5.61. The van der Waals surface area contributed by atoms with E-state index in [0.29, 0.717) is 11.6 Å². The van der Waals surface area contributed by atoms with Crippen LogP contribution in [0.25, 0.3) is 0 Å². The van der Waals surface area contributed by atoms with Crippen LogP contribution in [0.15, 0.2) is 18.2 Å². The maximum atomic E-state index is 9.13. The van der Waals surface area contributed by atoms with E-state index in [1.165, 1.54) is 12.8 Å². The third-order valence-electron chi connectivity index (χ3n) is 3.00. The van der Waals surface area contributed by atoms with E-state index in [1.807, 2.05) is 12.1 Å². The first kappa shape index (κ1) is 11.0. The normalized spacial score (nSPS) is 14.6. The average molecular weight is 216 g/mol. The van der Waals surface area contributed by atoms with Gasteiger partial charge >= 0.3 is 0 Å². The third-order valence-corrected chi connectivity index (χ3v) is 3.00. The molecule has 3 nitrogen and oxygen atoms in total. The molecule has 3 heteroatoms. The Morgan fingerprint density at radius 2 is 2.25 bits per heavy atom. The lowest BCUT2D eigenvalue weighted by Gasteiger charge is -2.24. The molecule has 1 aliphatic rings. The quantitative estimate of drug-likeness (QED) is 0.837. The molecule has 1 N–H and O–H groups in total. The molecule has 0 heterocycles. The molecule has 1 aromatic rings. The largest absolute Gasteiger partial charge is 0.392 e. The summed E-state index contributed by atoms with van der Waals surface area (Å²) in [6, 6.07) is 8.44. The number of hydrogen-bond donors (Lipinski definition) is 1. The molecule has 0 unspecified atom stereocenters. The van der Waals surface area contributed by atoms with Crippen molar-refractivity contribution in [2.45, 2.75) is 32.4 Å². The predicted octanol–water partition coefficient (Wildman–Crippen LogP) is 2.04. The SMILES string of the molecule is CCN(c1ccc(CO)cc1C#N)C1CC1. The second-order valence-electron chi connectivity index (χ2n) is 4.14. The number of benzene rings is 1. The van der Waals surface area contributed by atoms with E-state index in [-0.39, 0.29) is 6.61 Å². The summed E-state index contributed by atoms with van der Waals surface area (Å²) in [4.78, 5) is 2.28. The molecule has 2 rings (SSSR count). The maximum Gasteiger partial charge on any atom is 0.101 e. The molecule has 0 saturated heterocycles. The summed E-state index contributed by atoms with van der Waals surface area (Å²) < 4.78 is 0.